The first kappa shape index (κ1) is 17.5. The van der Waals surface area contributed by atoms with Crippen LogP contribution < -0.4 is 0 Å². The molecule has 27 heavy (non-hydrogen) atoms. The summed E-state index contributed by atoms with van der Waals surface area (Å²) in [6.07, 6.45) is 0.407. The lowest BCUT2D eigenvalue weighted by molar-refractivity contribution is -0.152. The Bertz CT molecular complexity index is 871. The van der Waals surface area contributed by atoms with E-state index in [-0.39, 0.29) is 17.0 Å². The number of carbonyl (C=O) groups is 3. The van der Waals surface area contributed by atoms with E-state index in [2.05, 4.69) is 0 Å². The molecule has 0 N–H and O–H groups in total. The summed E-state index contributed by atoms with van der Waals surface area (Å²) in [6, 6.07) is 18.8. The van der Waals surface area contributed by atoms with Crippen molar-refractivity contribution in [3.63, 3.8) is 0 Å². The standard InChI is InChI=1S/C21H17NO4S/c23-12-16-13-27-18-11-17(24)22(18)19(16)21(25)26-20(14-7-3-1-4-8-14)15-9-5-2-6-10-15/h1-10,12,18,20H,11,13H2/t18-/m1/s1. The van der Waals surface area contributed by atoms with Crippen LogP contribution >= 0.6 is 11.8 Å². The zero-order valence-corrected chi connectivity index (χ0v) is 15.2. The van der Waals surface area contributed by atoms with Gasteiger partial charge in [0.05, 0.1) is 11.8 Å². The molecule has 4 rings (SSSR count). The van der Waals surface area contributed by atoms with Crippen molar-refractivity contribution in [2.75, 3.05) is 5.75 Å². The second-order valence-electron chi connectivity index (χ2n) is 6.33. The van der Waals surface area contributed by atoms with Crippen molar-refractivity contribution in [2.24, 2.45) is 0 Å². The lowest BCUT2D eigenvalue weighted by Crippen LogP contribution is -2.54. The van der Waals surface area contributed by atoms with Gasteiger partial charge in [0.2, 0.25) is 5.91 Å². The summed E-state index contributed by atoms with van der Waals surface area (Å²) < 4.78 is 5.84. The van der Waals surface area contributed by atoms with Crippen LogP contribution in [0.25, 0.3) is 0 Å². The van der Waals surface area contributed by atoms with Crippen LogP contribution in [0.3, 0.4) is 0 Å². The molecule has 0 unspecified atom stereocenters. The van der Waals surface area contributed by atoms with Gasteiger partial charge < -0.3 is 4.74 Å². The average molecular weight is 379 g/mol. The van der Waals surface area contributed by atoms with E-state index in [1.54, 1.807) is 0 Å². The van der Waals surface area contributed by atoms with E-state index in [1.807, 2.05) is 60.7 Å². The minimum absolute atomic E-state index is 0.0851. The quantitative estimate of drug-likeness (QED) is 0.454. The maximum absolute atomic E-state index is 13.0. The molecule has 0 aromatic heterocycles. The summed E-state index contributed by atoms with van der Waals surface area (Å²) in [6.45, 7) is 0. The van der Waals surface area contributed by atoms with Crippen molar-refractivity contribution in [1.82, 2.24) is 4.90 Å². The number of nitrogens with zero attached hydrogens (tertiary/aromatic N) is 1. The second kappa shape index (κ2) is 7.40. The number of fused-ring (bicyclic) bond motifs is 1. The van der Waals surface area contributed by atoms with Crippen molar-refractivity contribution in [2.45, 2.75) is 17.9 Å². The molecule has 2 aromatic rings. The van der Waals surface area contributed by atoms with Crippen molar-refractivity contribution >= 4 is 29.9 Å². The molecule has 1 atom stereocenters. The molecule has 0 radical (unpaired) electrons. The molecule has 1 fully saturated rings. The fourth-order valence-corrected chi connectivity index (χ4v) is 4.47. The SMILES string of the molecule is O=CC1=C(C(=O)OC(c2ccccc2)c2ccccc2)N2C(=O)C[C@H]2SC1. The van der Waals surface area contributed by atoms with Gasteiger partial charge in [0.25, 0.3) is 0 Å². The number of hydrogen-bond donors (Lipinski definition) is 0. The van der Waals surface area contributed by atoms with Gasteiger partial charge in [-0.15, -0.1) is 11.8 Å². The normalized spacial score (nSPS) is 18.8. The zero-order chi connectivity index (χ0) is 18.8. The van der Waals surface area contributed by atoms with Crippen LogP contribution in [-0.2, 0) is 19.1 Å². The average Bonchev–Trinajstić information content (AvgIpc) is 2.71. The summed E-state index contributed by atoms with van der Waals surface area (Å²) in [5.74, 6) is -0.397. The highest BCUT2D eigenvalue weighted by atomic mass is 32.2. The van der Waals surface area contributed by atoms with E-state index in [9.17, 15) is 14.4 Å². The number of benzene rings is 2. The lowest BCUT2D eigenvalue weighted by atomic mass is 10.0. The molecule has 1 amide bonds. The first-order valence-corrected chi connectivity index (χ1v) is 9.67. The summed E-state index contributed by atoms with van der Waals surface area (Å²) >= 11 is 1.49. The Kier molecular flexibility index (Phi) is 4.81. The predicted octanol–water partition coefficient (Wildman–Crippen LogP) is 3.08. The van der Waals surface area contributed by atoms with Gasteiger partial charge in [0.1, 0.15) is 12.0 Å². The summed E-state index contributed by atoms with van der Waals surface area (Å²) in [5.41, 5.74) is 2.03. The summed E-state index contributed by atoms with van der Waals surface area (Å²) in [4.78, 5) is 37.9. The second-order valence-corrected chi connectivity index (χ2v) is 7.50. The molecule has 0 aliphatic carbocycles. The van der Waals surface area contributed by atoms with Crippen LogP contribution in [0.2, 0.25) is 0 Å². The highest BCUT2D eigenvalue weighted by Gasteiger charge is 2.46. The summed E-state index contributed by atoms with van der Waals surface area (Å²) in [7, 11) is 0. The molecular weight excluding hydrogens is 362 g/mol. The van der Waals surface area contributed by atoms with E-state index >= 15 is 0 Å². The molecule has 5 nitrogen and oxygen atoms in total. The Morgan fingerprint density at radius 3 is 2.19 bits per heavy atom. The van der Waals surface area contributed by atoms with Gasteiger partial charge in [-0.1, -0.05) is 60.7 Å². The number of β-lactam (4-membered cyclic amide) rings is 1. The fourth-order valence-electron chi connectivity index (χ4n) is 3.26. The molecule has 136 valence electrons. The highest BCUT2D eigenvalue weighted by molar-refractivity contribution is 8.00. The number of rotatable bonds is 5. The Morgan fingerprint density at radius 1 is 1.07 bits per heavy atom. The minimum Gasteiger partial charge on any atom is -0.448 e. The van der Waals surface area contributed by atoms with E-state index in [0.717, 1.165) is 11.1 Å². The van der Waals surface area contributed by atoms with Gasteiger partial charge in [-0.2, -0.15) is 0 Å². The van der Waals surface area contributed by atoms with Crippen LogP contribution in [-0.4, -0.2) is 34.2 Å². The van der Waals surface area contributed by atoms with Crippen molar-refractivity contribution in [3.8, 4) is 0 Å². The molecule has 0 spiro atoms. The first-order chi connectivity index (χ1) is 13.2. The molecular formula is C21H17NO4S. The molecule has 0 bridgehead atoms. The Labute approximate surface area is 161 Å². The lowest BCUT2D eigenvalue weighted by Gasteiger charge is -2.43. The maximum atomic E-state index is 13.0. The van der Waals surface area contributed by atoms with Gasteiger partial charge >= 0.3 is 5.97 Å². The number of amides is 1. The number of aldehydes is 1. The largest absolute Gasteiger partial charge is 0.448 e. The third-order valence-electron chi connectivity index (χ3n) is 4.65. The number of thioether (sulfide) groups is 1. The Balaban J connectivity index is 1.68. The Morgan fingerprint density at radius 2 is 1.67 bits per heavy atom. The van der Waals surface area contributed by atoms with Crippen LogP contribution in [0, 0.1) is 0 Å². The summed E-state index contributed by atoms with van der Waals surface area (Å²) in [5, 5.41) is -0.0874. The third kappa shape index (κ3) is 3.28. The van der Waals surface area contributed by atoms with E-state index in [1.165, 1.54) is 16.7 Å². The molecule has 0 saturated carbocycles. The monoisotopic (exact) mass is 379 g/mol. The van der Waals surface area contributed by atoms with E-state index in [4.69, 9.17) is 4.74 Å². The maximum Gasteiger partial charge on any atom is 0.356 e. The van der Waals surface area contributed by atoms with Crippen LogP contribution in [0.4, 0.5) is 0 Å². The first-order valence-electron chi connectivity index (χ1n) is 8.62. The molecule has 2 aromatic carbocycles. The van der Waals surface area contributed by atoms with Gasteiger partial charge in [-0.3, -0.25) is 14.5 Å². The molecule has 2 aliphatic heterocycles. The van der Waals surface area contributed by atoms with Gasteiger partial charge in [0, 0.05) is 11.3 Å². The fraction of sp³-hybridized carbons (Fsp3) is 0.190. The van der Waals surface area contributed by atoms with Crippen LogP contribution in [0.5, 0.6) is 0 Å². The van der Waals surface area contributed by atoms with Crippen molar-refractivity contribution in [1.29, 1.82) is 0 Å². The number of ether oxygens (including phenoxy) is 1. The highest BCUT2D eigenvalue weighted by Crippen LogP contribution is 2.40. The molecule has 1 saturated heterocycles. The smallest absolute Gasteiger partial charge is 0.356 e. The number of hydrogen-bond acceptors (Lipinski definition) is 5. The van der Waals surface area contributed by atoms with Crippen LogP contribution in [0.1, 0.15) is 23.7 Å². The van der Waals surface area contributed by atoms with E-state index in [0.29, 0.717) is 24.0 Å². The number of esters is 1. The topological polar surface area (TPSA) is 63.7 Å². The van der Waals surface area contributed by atoms with Crippen molar-refractivity contribution in [3.05, 3.63) is 83.1 Å². The van der Waals surface area contributed by atoms with Crippen molar-refractivity contribution < 1.29 is 19.1 Å². The molecule has 6 heteroatoms. The van der Waals surface area contributed by atoms with Gasteiger partial charge in [-0.25, -0.2) is 4.79 Å². The van der Waals surface area contributed by atoms with E-state index < -0.39 is 12.1 Å². The third-order valence-corrected chi connectivity index (χ3v) is 5.89. The Hall–Kier alpha value is -2.86. The van der Waals surface area contributed by atoms with Gasteiger partial charge in [0.15, 0.2) is 6.10 Å². The van der Waals surface area contributed by atoms with Gasteiger partial charge in [-0.05, 0) is 11.1 Å². The zero-order valence-electron chi connectivity index (χ0n) is 14.4. The molecule has 2 aliphatic rings. The van der Waals surface area contributed by atoms with Crippen LogP contribution in [0.15, 0.2) is 71.9 Å². The minimum atomic E-state index is -0.645. The predicted molar refractivity (Wildman–Crippen MR) is 102 cm³/mol. The number of carbonyl (C=O) groups excluding carboxylic acids is 3. The molecule has 2 heterocycles.